The summed E-state index contributed by atoms with van der Waals surface area (Å²) < 4.78 is 7.00. The van der Waals surface area contributed by atoms with Crippen LogP contribution in [0, 0.1) is 0 Å². The molecule has 1 fully saturated rings. The number of nitrogens with zero attached hydrogens (tertiary/aromatic N) is 1. The van der Waals surface area contributed by atoms with E-state index in [0.717, 1.165) is 22.4 Å². The molecular formula is C14H21BrN2O. The third-order valence-electron chi connectivity index (χ3n) is 3.60. The second-order valence-corrected chi connectivity index (χ2v) is 5.81. The van der Waals surface area contributed by atoms with Gasteiger partial charge in [-0.3, -0.25) is 0 Å². The first-order chi connectivity index (χ1) is 8.70. The molecule has 1 aromatic rings. The van der Waals surface area contributed by atoms with Gasteiger partial charge in [0.05, 0.1) is 0 Å². The van der Waals surface area contributed by atoms with Crippen molar-refractivity contribution >= 4 is 15.9 Å². The van der Waals surface area contributed by atoms with Gasteiger partial charge in [0.25, 0.3) is 0 Å². The summed E-state index contributed by atoms with van der Waals surface area (Å²) in [6.07, 6.45) is 3.84. The number of hydrogen-bond acceptors (Lipinski definition) is 3. The molecular weight excluding hydrogens is 292 g/mol. The van der Waals surface area contributed by atoms with Crippen LogP contribution < -0.4 is 10.5 Å². The molecule has 1 saturated heterocycles. The van der Waals surface area contributed by atoms with E-state index in [1.807, 2.05) is 18.2 Å². The quantitative estimate of drug-likeness (QED) is 0.929. The van der Waals surface area contributed by atoms with Crippen molar-refractivity contribution < 1.29 is 4.74 Å². The van der Waals surface area contributed by atoms with E-state index in [9.17, 15) is 0 Å². The highest BCUT2D eigenvalue weighted by molar-refractivity contribution is 9.10. The third kappa shape index (κ3) is 3.46. The molecule has 0 amide bonds. The first-order valence-electron chi connectivity index (χ1n) is 6.52. The summed E-state index contributed by atoms with van der Waals surface area (Å²) in [6, 6.07) is 6.56. The molecule has 18 heavy (non-hydrogen) atoms. The first-order valence-corrected chi connectivity index (χ1v) is 7.31. The molecule has 3 nitrogen and oxygen atoms in total. The summed E-state index contributed by atoms with van der Waals surface area (Å²) in [5, 5.41) is 0. The molecule has 0 aliphatic carbocycles. The van der Waals surface area contributed by atoms with Crippen LogP contribution in [0.2, 0.25) is 0 Å². The van der Waals surface area contributed by atoms with Crippen molar-refractivity contribution in [2.45, 2.75) is 31.8 Å². The van der Waals surface area contributed by atoms with Gasteiger partial charge in [-0.15, -0.1) is 0 Å². The fourth-order valence-corrected chi connectivity index (χ4v) is 2.80. The molecule has 2 N–H and O–H groups in total. The number of benzene rings is 1. The molecule has 1 aliphatic heterocycles. The molecule has 0 aromatic heterocycles. The van der Waals surface area contributed by atoms with E-state index in [4.69, 9.17) is 10.5 Å². The van der Waals surface area contributed by atoms with Crippen molar-refractivity contribution in [2.24, 2.45) is 5.73 Å². The Labute approximate surface area is 117 Å². The van der Waals surface area contributed by atoms with E-state index in [-0.39, 0.29) is 0 Å². The van der Waals surface area contributed by atoms with Crippen molar-refractivity contribution in [1.29, 1.82) is 0 Å². The van der Waals surface area contributed by atoms with Crippen LogP contribution in [-0.4, -0.2) is 31.1 Å². The lowest BCUT2D eigenvalue weighted by atomic mass is 10.0. The van der Waals surface area contributed by atoms with E-state index in [1.165, 1.54) is 25.8 Å². The molecule has 0 bridgehead atoms. The van der Waals surface area contributed by atoms with Crippen LogP contribution in [0.5, 0.6) is 5.75 Å². The third-order valence-corrected chi connectivity index (χ3v) is 4.09. The largest absolute Gasteiger partial charge is 0.492 e. The van der Waals surface area contributed by atoms with Crippen LogP contribution in [0.15, 0.2) is 22.7 Å². The van der Waals surface area contributed by atoms with Gasteiger partial charge in [-0.1, -0.05) is 22.4 Å². The Bertz CT molecular complexity index is 397. The predicted molar refractivity (Wildman–Crippen MR) is 77.8 cm³/mol. The zero-order valence-electron chi connectivity index (χ0n) is 10.9. The van der Waals surface area contributed by atoms with Gasteiger partial charge in [0.15, 0.2) is 0 Å². The highest BCUT2D eigenvalue weighted by Crippen LogP contribution is 2.24. The van der Waals surface area contributed by atoms with Crippen LogP contribution in [0.1, 0.15) is 24.8 Å². The smallest absolute Gasteiger partial charge is 0.123 e. The maximum Gasteiger partial charge on any atom is 0.123 e. The monoisotopic (exact) mass is 312 g/mol. The van der Waals surface area contributed by atoms with Crippen LogP contribution >= 0.6 is 15.9 Å². The summed E-state index contributed by atoms with van der Waals surface area (Å²) in [5.74, 6) is 0.916. The molecule has 4 heteroatoms. The van der Waals surface area contributed by atoms with Crippen LogP contribution in [0.3, 0.4) is 0 Å². The number of ether oxygens (including phenoxy) is 1. The van der Waals surface area contributed by atoms with Crippen molar-refractivity contribution in [3.8, 4) is 5.75 Å². The Hall–Kier alpha value is -0.580. The zero-order valence-corrected chi connectivity index (χ0v) is 12.4. The number of likely N-dealkylation sites (tertiary alicyclic amines) is 1. The van der Waals surface area contributed by atoms with Crippen LogP contribution in [-0.2, 0) is 6.54 Å². The van der Waals surface area contributed by atoms with E-state index in [0.29, 0.717) is 12.6 Å². The van der Waals surface area contributed by atoms with Crippen molar-refractivity contribution in [1.82, 2.24) is 4.90 Å². The summed E-state index contributed by atoms with van der Waals surface area (Å²) in [6.45, 7) is 2.44. The topological polar surface area (TPSA) is 38.5 Å². The molecule has 0 spiro atoms. The van der Waals surface area contributed by atoms with Gasteiger partial charge in [0.1, 0.15) is 12.4 Å². The fourth-order valence-electron chi connectivity index (χ4n) is 2.39. The average molecular weight is 313 g/mol. The minimum absolute atomic E-state index is 0.509. The molecule has 1 heterocycles. The Morgan fingerprint density at radius 3 is 3.00 bits per heavy atom. The Morgan fingerprint density at radius 1 is 1.44 bits per heavy atom. The number of halogens is 1. The van der Waals surface area contributed by atoms with E-state index in [1.54, 1.807) is 0 Å². The van der Waals surface area contributed by atoms with Gasteiger partial charge in [0.2, 0.25) is 0 Å². The summed E-state index contributed by atoms with van der Waals surface area (Å²) in [4.78, 5) is 2.39. The molecule has 100 valence electrons. The molecule has 0 saturated carbocycles. The maximum atomic E-state index is 5.95. The Kier molecular flexibility index (Phi) is 5.03. The van der Waals surface area contributed by atoms with Gasteiger partial charge in [-0.05, 0) is 44.6 Å². The first kappa shape index (κ1) is 13.8. The van der Waals surface area contributed by atoms with E-state index >= 15 is 0 Å². The molecule has 2 rings (SSSR count). The summed E-state index contributed by atoms with van der Waals surface area (Å²) in [5.41, 5.74) is 6.80. The van der Waals surface area contributed by atoms with E-state index < -0.39 is 0 Å². The highest BCUT2D eigenvalue weighted by atomic mass is 79.9. The van der Waals surface area contributed by atoms with E-state index in [2.05, 4.69) is 27.9 Å². The summed E-state index contributed by atoms with van der Waals surface area (Å²) >= 11 is 3.46. The number of nitrogens with two attached hydrogens (primary N) is 1. The standard InChI is InChI=1S/C14H21BrN2O/c1-17-7-3-2-4-13(17)10-18-14-6-5-12(15)8-11(14)9-16/h5-6,8,13H,2-4,7,9-10,16H2,1H3. The maximum absolute atomic E-state index is 5.95. The van der Waals surface area contributed by atoms with Gasteiger partial charge in [0, 0.05) is 22.6 Å². The Balaban J connectivity index is 1.97. The molecule has 1 aromatic carbocycles. The van der Waals surface area contributed by atoms with Gasteiger partial charge in [-0.2, -0.15) is 0 Å². The predicted octanol–water partition coefficient (Wildman–Crippen LogP) is 2.77. The molecule has 0 radical (unpaired) electrons. The van der Waals surface area contributed by atoms with Crippen molar-refractivity contribution in [3.05, 3.63) is 28.2 Å². The minimum atomic E-state index is 0.509. The summed E-state index contributed by atoms with van der Waals surface area (Å²) in [7, 11) is 2.18. The molecule has 1 unspecified atom stereocenters. The number of piperidine rings is 1. The second kappa shape index (κ2) is 6.55. The zero-order chi connectivity index (χ0) is 13.0. The molecule has 1 aliphatic rings. The number of hydrogen-bond donors (Lipinski definition) is 1. The lowest BCUT2D eigenvalue weighted by Crippen LogP contribution is -2.40. The average Bonchev–Trinajstić information content (AvgIpc) is 2.39. The highest BCUT2D eigenvalue weighted by Gasteiger charge is 2.19. The molecule has 1 atom stereocenters. The lowest BCUT2D eigenvalue weighted by molar-refractivity contribution is 0.124. The van der Waals surface area contributed by atoms with Crippen LogP contribution in [0.25, 0.3) is 0 Å². The van der Waals surface area contributed by atoms with Crippen LogP contribution in [0.4, 0.5) is 0 Å². The van der Waals surface area contributed by atoms with Crippen molar-refractivity contribution in [3.63, 3.8) is 0 Å². The SMILES string of the molecule is CN1CCCCC1COc1ccc(Br)cc1CN. The number of rotatable bonds is 4. The van der Waals surface area contributed by atoms with Gasteiger partial charge >= 0.3 is 0 Å². The lowest BCUT2D eigenvalue weighted by Gasteiger charge is -2.32. The minimum Gasteiger partial charge on any atom is -0.492 e. The Morgan fingerprint density at radius 2 is 2.28 bits per heavy atom. The van der Waals surface area contributed by atoms with Gasteiger partial charge in [-0.25, -0.2) is 0 Å². The second-order valence-electron chi connectivity index (χ2n) is 4.90. The van der Waals surface area contributed by atoms with Crippen molar-refractivity contribution in [2.75, 3.05) is 20.2 Å². The number of likely N-dealkylation sites (N-methyl/N-ethyl adjacent to an activating group) is 1. The fraction of sp³-hybridized carbons (Fsp3) is 0.571. The normalized spacial score (nSPS) is 20.9. The van der Waals surface area contributed by atoms with Gasteiger partial charge < -0.3 is 15.4 Å².